The lowest BCUT2D eigenvalue weighted by Crippen LogP contribution is -2.21. The fraction of sp³-hybridized carbons (Fsp3) is 0.125. The van der Waals surface area contributed by atoms with Gasteiger partial charge in [-0.05, 0) is 12.1 Å². The molecular formula is C16H12O7. The summed E-state index contributed by atoms with van der Waals surface area (Å²) in [4.78, 5) is 25.1. The van der Waals surface area contributed by atoms with Gasteiger partial charge in [-0.15, -0.1) is 0 Å². The predicted octanol–water partition coefficient (Wildman–Crippen LogP) is 1.43. The monoisotopic (exact) mass is 316 g/mol. The molecule has 0 saturated heterocycles. The molecule has 0 bridgehead atoms. The van der Waals surface area contributed by atoms with Gasteiger partial charge in [-0.3, -0.25) is 9.59 Å². The zero-order chi connectivity index (χ0) is 16.9. The number of rotatable bonds is 2. The molecule has 2 aromatic carbocycles. The molecule has 3 rings (SSSR count). The van der Waals surface area contributed by atoms with Gasteiger partial charge in [0.05, 0.1) is 23.3 Å². The molecular weight excluding hydrogens is 304 g/mol. The van der Waals surface area contributed by atoms with Crippen LogP contribution in [-0.4, -0.2) is 39.1 Å². The quantitative estimate of drug-likeness (QED) is 0.563. The van der Waals surface area contributed by atoms with Crippen LogP contribution in [0, 0.1) is 0 Å². The summed E-state index contributed by atoms with van der Waals surface area (Å²) in [5.74, 6) is -3.38. The van der Waals surface area contributed by atoms with Crippen molar-refractivity contribution in [1.82, 2.24) is 0 Å². The van der Waals surface area contributed by atoms with Gasteiger partial charge in [0, 0.05) is 24.3 Å². The summed E-state index contributed by atoms with van der Waals surface area (Å²) < 4.78 is 4.85. The van der Waals surface area contributed by atoms with Crippen molar-refractivity contribution in [1.29, 1.82) is 0 Å². The number of ketones is 2. The number of methoxy groups -OCH3 is 1. The van der Waals surface area contributed by atoms with E-state index in [-0.39, 0.29) is 40.2 Å². The summed E-state index contributed by atoms with van der Waals surface area (Å²) >= 11 is 0. The number of aromatic hydroxyl groups is 4. The predicted molar refractivity (Wildman–Crippen MR) is 77.1 cm³/mol. The summed E-state index contributed by atoms with van der Waals surface area (Å²) in [5, 5.41) is 39.6. The van der Waals surface area contributed by atoms with E-state index in [0.29, 0.717) is 0 Å². The van der Waals surface area contributed by atoms with Crippen LogP contribution >= 0.6 is 0 Å². The van der Waals surface area contributed by atoms with Crippen LogP contribution in [0.15, 0.2) is 18.2 Å². The first kappa shape index (κ1) is 14.9. The zero-order valence-corrected chi connectivity index (χ0v) is 12.0. The van der Waals surface area contributed by atoms with Gasteiger partial charge in [0.15, 0.2) is 5.78 Å². The summed E-state index contributed by atoms with van der Waals surface area (Å²) in [5.41, 5.74) is -1.05. The van der Waals surface area contributed by atoms with Crippen molar-refractivity contribution >= 4 is 11.6 Å². The van der Waals surface area contributed by atoms with Gasteiger partial charge in [-0.2, -0.15) is 0 Å². The standard InChI is InChI=1S/C16H12O7/c1-23-5-9-10(18)4-8-13(15(9)21)16(22)12-7(14(8)20)2-6(17)3-11(12)19/h2-4,17-19,21H,5H2,1H3. The van der Waals surface area contributed by atoms with Crippen LogP contribution in [0.2, 0.25) is 0 Å². The second-order valence-corrected chi connectivity index (χ2v) is 5.12. The Hall–Kier alpha value is -3.06. The van der Waals surface area contributed by atoms with Gasteiger partial charge < -0.3 is 25.2 Å². The van der Waals surface area contributed by atoms with Crippen LogP contribution in [0.25, 0.3) is 0 Å². The summed E-state index contributed by atoms with van der Waals surface area (Å²) in [7, 11) is 1.34. The SMILES string of the molecule is COCc1c(O)cc2c(c1O)C(=O)c1c(O)cc(O)cc1C2=O. The van der Waals surface area contributed by atoms with E-state index < -0.39 is 28.8 Å². The number of carbonyl (C=O) groups excluding carboxylic acids is 2. The highest BCUT2D eigenvalue weighted by Gasteiger charge is 2.36. The molecule has 0 atom stereocenters. The first-order valence-electron chi connectivity index (χ1n) is 6.59. The smallest absolute Gasteiger partial charge is 0.201 e. The van der Waals surface area contributed by atoms with Crippen molar-refractivity contribution < 1.29 is 34.8 Å². The molecule has 4 N–H and O–H groups in total. The van der Waals surface area contributed by atoms with Crippen LogP contribution in [0.4, 0.5) is 0 Å². The van der Waals surface area contributed by atoms with Crippen LogP contribution in [0.1, 0.15) is 37.4 Å². The molecule has 0 aromatic heterocycles. The number of hydrogen-bond acceptors (Lipinski definition) is 7. The lowest BCUT2D eigenvalue weighted by atomic mass is 9.82. The minimum Gasteiger partial charge on any atom is -0.508 e. The van der Waals surface area contributed by atoms with Crippen LogP contribution in [0.5, 0.6) is 23.0 Å². The number of hydrogen-bond donors (Lipinski definition) is 4. The van der Waals surface area contributed by atoms with E-state index in [1.54, 1.807) is 0 Å². The Bertz CT molecular complexity index is 867. The lowest BCUT2D eigenvalue weighted by Gasteiger charge is -2.21. The molecule has 0 fully saturated rings. The van der Waals surface area contributed by atoms with Crippen LogP contribution < -0.4 is 0 Å². The normalized spacial score (nSPS) is 12.9. The van der Waals surface area contributed by atoms with E-state index in [4.69, 9.17) is 4.74 Å². The highest BCUT2D eigenvalue weighted by Crippen LogP contribution is 2.42. The van der Waals surface area contributed by atoms with Crippen molar-refractivity contribution in [2.45, 2.75) is 6.61 Å². The summed E-state index contributed by atoms with van der Waals surface area (Å²) in [6.45, 7) is -0.166. The molecule has 23 heavy (non-hydrogen) atoms. The van der Waals surface area contributed by atoms with Gasteiger partial charge in [-0.25, -0.2) is 0 Å². The topological polar surface area (TPSA) is 124 Å². The second-order valence-electron chi connectivity index (χ2n) is 5.12. The van der Waals surface area contributed by atoms with E-state index in [1.165, 1.54) is 7.11 Å². The molecule has 118 valence electrons. The lowest BCUT2D eigenvalue weighted by molar-refractivity contribution is 0.0972. The molecule has 0 radical (unpaired) electrons. The maximum absolute atomic E-state index is 12.6. The molecule has 7 heteroatoms. The van der Waals surface area contributed by atoms with E-state index in [1.807, 2.05) is 0 Å². The van der Waals surface area contributed by atoms with Gasteiger partial charge in [0.1, 0.15) is 23.0 Å². The highest BCUT2D eigenvalue weighted by atomic mass is 16.5. The number of phenolic OH excluding ortho intramolecular Hbond substituents is 4. The Morgan fingerprint density at radius 3 is 2.17 bits per heavy atom. The molecule has 0 spiro atoms. The molecule has 0 aliphatic heterocycles. The molecule has 0 amide bonds. The third-order valence-corrected chi connectivity index (χ3v) is 3.72. The largest absolute Gasteiger partial charge is 0.508 e. The number of benzene rings is 2. The Morgan fingerprint density at radius 1 is 0.870 bits per heavy atom. The molecule has 0 heterocycles. The molecule has 1 aliphatic carbocycles. The Kier molecular flexibility index (Phi) is 3.23. The van der Waals surface area contributed by atoms with Crippen molar-refractivity contribution in [2.24, 2.45) is 0 Å². The number of phenols is 4. The molecule has 1 aliphatic rings. The molecule has 0 saturated carbocycles. The van der Waals surface area contributed by atoms with Gasteiger partial charge in [0.25, 0.3) is 0 Å². The first-order chi connectivity index (χ1) is 10.9. The third-order valence-electron chi connectivity index (χ3n) is 3.72. The average Bonchev–Trinajstić information content (AvgIpc) is 2.47. The number of fused-ring (bicyclic) bond motifs is 2. The maximum Gasteiger partial charge on any atom is 0.201 e. The summed E-state index contributed by atoms with van der Waals surface area (Å²) in [6, 6.07) is 3.05. The van der Waals surface area contributed by atoms with Crippen molar-refractivity contribution in [3.8, 4) is 23.0 Å². The minimum atomic E-state index is -0.776. The fourth-order valence-corrected chi connectivity index (χ4v) is 2.69. The van der Waals surface area contributed by atoms with E-state index in [9.17, 15) is 30.0 Å². The van der Waals surface area contributed by atoms with E-state index >= 15 is 0 Å². The molecule has 7 nitrogen and oxygen atoms in total. The van der Waals surface area contributed by atoms with Crippen molar-refractivity contribution in [3.05, 3.63) is 46.0 Å². The number of carbonyl (C=O) groups is 2. The Morgan fingerprint density at radius 2 is 1.52 bits per heavy atom. The molecule has 2 aromatic rings. The van der Waals surface area contributed by atoms with E-state index in [2.05, 4.69) is 0 Å². The van der Waals surface area contributed by atoms with Gasteiger partial charge >= 0.3 is 0 Å². The van der Waals surface area contributed by atoms with Gasteiger partial charge in [-0.1, -0.05) is 0 Å². The zero-order valence-electron chi connectivity index (χ0n) is 12.0. The minimum absolute atomic E-state index is 0.0332. The number of ether oxygens (including phenoxy) is 1. The summed E-state index contributed by atoms with van der Waals surface area (Å²) in [6.07, 6.45) is 0. The van der Waals surface area contributed by atoms with E-state index in [0.717, 1.165) is 18.2 Å². The second kappa shape index (κ2) is 4.99. The fourth-order valence-electron chi connectivity index (χ4n) is 2.69. The Labute approximate surface area is 130 Å². The maximum atomic E-state index is 12.6. The van der Waals surface area contributed by atoms with Crippen molar-refractivity contribution in [3.63, 3.8) is 0 Å². The van der Waals surface area contributed by atoms with Crippen molar-refractivity contribution in [2.75, 3.05) is 7.11 Å². The molecule has 0 unspecified atom stereocenters. The van der Waals surface area contributed by atoms with Crippen LogP contribution in [0.3, 0.4) is 0 Å². The first-order valence-corrected chi connectivity index (χ1v) is 6.59. The van der Waals surface area contributed by atoms with Gasteiger partial charge in [0.2, 0.25) is 5.78 Å². The van der Waals surface area contributed by atoms with Crippen LogP contribution in [-0.2, 0) is 11.3 Å². The highest BCUT2D eigenvalue weighted by molar-refractivity contribution is 6.30. The Balaban J connectivity index is 2.34. The average molecular weight is 316 g/mol. The third kappa shape index (κ3) is 2.01.